The summed E-state index contributed by atoms with van der Waals surface area (Å²) in [7, 11) is 0. The second-order valence-electron chi connectivity index (χ2n) is 6.68. The highest BCUT2D eigenvalue weighted by Crippen LogP contribution is 2.28. The lowest BCUT2D eigenvalue weighted by Crippen LogP contribution is -2.52. The molecule has 2 saturated heterocycles. The van der Waals surface area contributed by atoms with Crippen LogP contribution < -0.4 is 5.32 Å². The van der Waals surface area contributed by atoms with Crippen molar-refractivity contribution in [1.82, 2.24) is 10.2 Å². The second kappa shape index (κ2) is 5.47. The zero-order chi connectivity index (χ0) is 13.2. The van der Waals surface area contributed by atoms with Crippen LogP contribution in [-0.4, -0.2) is 42.8 Å². The highest BCUT2D eigenvalue weighted by atomic mass is 16.6. The van der Waals surface area contributed by atoms with Gasteiger partial charge in [-0.2, -0.15) is 0 Å². The van der Waals surface area contributed by atoms with Crippen molar-refractivity contribution < 1.29 is 9.53 Å². The number of nitrogens with one attached hydrogen (secondary N) is 1. The fourth-order valence-corrected chi connectivity index (χ4v) is 2.78. The summed E-state index contributed by atoms with van der Waals surface area (Å²) in [5.74, 6) is 1.55. The molecule has 0 bridgehead atoms. The number of amides is 1. The summed E-state index contributed by atoms with van der Waals surface area (Å²) in [6.45, 7) is 9.84. The van der Waals surface area contributed by atoms with Gasteiger partial charge in [0.1, 0.15) is 5.60 Å². The van der Waals surface area contributed by atoms with E-state index < -0.39 is 0 Å². The van der Waals surface area contributed by atoms with E-state index in [4.69, 9.17) is 4.74 Å². The predicted octanol–water partition coefficient (Wildman–Crippen LogP) is 2.24. The van der Waals surface area contributed by atoms with Crippen LogP contribution in [0.5, 0.6) is 0 Å². The molecule has 1 N–H and O–H groups in total. The van der Waals surface area contributed by atoms with Crippen LogP contribution in [0.3, 0.4) is 0 Å². The molecule has 2 heterocycles. The maximum Gasteiger partial charge on any atom is 0.410 e. The molecule has 0 aromatic heterocycles. The molecule has 4 nitrogen and oxygen atoms in total. The fraction of sp³-hybridized carbons (Fsp3) is 0.929. The maximum atomic E-state index is 11.8. The molecule has 0 aromatic carbocycles. The molecule has 2 rings (SSSR count). The number of likely N-dealkylation sites (tertiary alicyclic amines) is 1. The molecule has 18 heavy (non-hydrogen) atoms. The number of nitrogens with zero attached hydrogens (tertiary/aromatic N) is 1. The highest BCUT2D eigenvalue weighted by molar-refractivity contribution is 5.69. The monoisotopic (exact) mass is 254 g/mol. The molecule has 2 aliphatic heterocycles. The number of piperidine rings is 1. The molecular formula is C14H26N2O2. The smallest absolute Gasteiger partial charge is 0.410 e. The molecule has 1 amide bonds. The Bertz CT molecular complexity index is 287. The van der Waals surface area contributed by atoms with Crippen molar-refractivity contribution in [2.75, 3.05) is 26.2 Å². The molecule has 0 saturated carbocycles. The predicted molar refractivity (Wildman–Crippen MR) is 71.5 cm³/mol. The zero-order valence-corrected chi connectivity index (χ0v) is 11.9. The van der Waals surface area contributed by atoms with Gasteiger partial charge in [0.05, 0.1) is 0 Å². The first-order chi connectivity index (χ1) is 8.44. The molecule has 0 aliphatic carbocycles. The highest BCUT2D eigenvalue weighted by Gasteiger charge is 2.34. The third-order valence-electron chi connectivity index (χ3n) is 3.73. The van der Waals surface area contributed by atoms with Crippen molar-refractivity contribution in [1.29, 1.82) is 0 Å². The summed E-state index contributed by atoms with van der Waals surface area (Å²) >= 11 is 0. The Balaban J connectivity index is 1.65. The Morgan fingerprint density at radius 1 is 1.22 bits per heavy atom. The van der Waals surface area contributed by atoms with Gasteiger partial charge < -0.3 is 15.0 Å². The Morgan fingerprint density at radius 2 is 1.83 bits per heavy atom. The van der Waals surface area contributed by atoms with Crippen LogP contribution in [0.2, 0.25) is 0 Å². The molecule has 0 radical (unpaired) electrons. The number of hydrogen-bond donors (Lipinski definition) is 1. The van der Waals surface area contributed by atoms with Crippen molar-refractivity contribution >= 4 is 6.09 Å². The Kier molecular flexibility index (Phi) is 4.15. The summed E-state index contributed by atoms with van der Waals surface area (Å²) in [6.07, 6.45) is 3.72. The first-order valence-electron chi connectivity index (χ1n) is 7.13. The van der Waals surface area contributed by atoms with Gasteiger partial charge in [0.25, 0.3) is 0 Å². The Hall–Kier alpha value is -0.770. The zero-order valence-electron chi connectivity index (χ0n) is 11.9. The first-order valence-corrected chi connectivity index (χ1v) is 7.13. The van der Waals surface area contributed by atoms with Gasteiger partial charge in [-0.15, -0.1) is 0 Å². The van der Waals surface area contributed by atoms with E-state index in [1.54, 1.807) is 0 Å². The molecule has 0 unspecified atom stereocenters. The van der Waals surface area contributed by atoms with Gasteiger partial charge in [-0.1, -0.05) is 0 Å². The van der Waals surface area contributed by atoms with Crippen LogP contribution in [0, 0.1) is 11.8 Å². The fourth-order valence-electron chi connectivity index (χ4n) is 2.78. The maximum absolute atomic E-state index is 11.8. The quantitative estimate of drug-likeness (QED) is 0.821. The van der Waals surface area contributed by atoms with Crippen LogP contribution in [0.25, 0.3) is 0 Å². The topological polar surface area (TPSA) is 41.6 Å². The first kappa shape index (κ1) is 13.7. The van der Waals surface area contributed by atoms with Gasteiger partial charge in [0.2, 0.25) is 0 Å². The van der Waals surface area contributed by atoms with E-state index in [9.17, 15) is 4.79 Å². The second-order valence-corrected chi connectivity index (χ2v) is 6.68. The lowest BCUT2D eigenvalue weighted by molar-refractivity contribution is -0.00513. The summed E-state index contributed by atoms with van der Waals surface area (Å²) in [5.41, 5.74) is -0.378. The van der Waals surface area contributed by atoms with Crippen molar-refractivity contribution in [3.63, 3.8) is 0 Å². The van der Waals surface area contributed by atoms with E-state index in [0.29, 0.717) is 5.92 Å². The van der Waals surface area contributed by atoms with Crippen LogP contribution >= 0.6 is 0 Å². The van der Waals surface area contributed by atoms with Crippen LogP contribution in [0.1, 0.15) is 40.0 Å². The van der Waals surface area contributed by atoms with Crippen molar-refractivity contribution in [2.45, 2.75) is 45.6 Å². The van der Waals surface area contributed by atoms with Gasteiger partial charge in [-0.25, -0.2) is 4.79 Å². The van der Waals surface area contributed by atoms with Crippen LogP contribution in [0.15, 0.2) is 0 Å². The van der Waals surface area contributed by atoms with Gasteiger partial charge >= 0.3 is 6.09 Å². The molecule has 2 fully saturated rings. The van der Waals surface area contributed by atoms with Gasteiger partial charge in [-0.05, 0) is 65.0 Å². The molecule has 0 spiro atoms. The summed E-state index contributed by atoms with van der Waals surface area (Å²) < 4.78 is 5.36. The van der Waals surface area contributed by atoms with E-state index >= 15 is 0 Å². The minimum absolute atomic E-state index is 0.149. The number of ether oxygens (including phenoxy) is 1. The van der Waals surface area contributed by atoms with E-state index in [1.807, 2.05) is 25.7 Å². The van der Waals surface area contributed by atoms with Crippen molar-refractivity contribution in [3.8, 4) is 0 Å². The third kappa shape index (κ3) is 3.87. The van der Waals surface area contributed by atoms with Crippen LogP contribution in [-0.2, 0) is 4.74 Å². The number of rotatable bonds is 2. The molecule has 104 valence electrons. The molecule has 0 aromatic rings. The van der Waals surface area contributed by atoms with Crippen LogP contribution in [0.4, 0.5) is 4.79 Å². The van der Waals surface area contributed by atoms with E-state index in [-0.39, 0.29) is 11.7 Å². The number of carbonyl (C=O) groups excluding carboxylic acids is 1. The average Bonchev–Trinajstić information content (AvgIpc) is 2.21. The largest absolute Gasteiger partial charge is 0.444 e. The Morgan fingerprint density at radius 3 is 2.39 bits per heavy atom. The normalized spacial score (nSPS) is 22.7. The molecule has 4 heteroatoms. The van der Waals surface area contributed by atoms with Crippen molar-refractivity contribution in [2.24, 2.45) is 11.8 Å². The summed E-state index contributed by atoms with van der Waals surface area (Å²) in [6, 6.07) is 0. The third-order valence-corrected chi connectivity index (χ3v) is 3.73. The standard InChI is InChI=1S/C14H26N2O2/c1-14(2,3)18-13(17)16-9-12(10-16)8-11-4-6-15-7-5-11/h11-12,15H,4-10H2,1-3H3. The lowest BCUT2D eigenvalue weighted by atomic mass is 9.84. The molecule has 0 atom stereocenters. The number of hydrogen-bond acceptors (Lipinski definition) is 3. The molecular weight excluding hydrogens is 228 g/mol. The van der Waals surface area contributed by atoms with E-state index in [1.165, 1.54) is 19.3 Å². The minimum Gasteiger partial charge on any atom is -0.444 e. The lowest BCUT2D eigenvalue weighted by Gasteiger charge is -2.41. The summed E-state index contributed by atoms with van der Waals surface area (Å²) in [4.78, 5) is 13.6. The Labute approximate surface area is 110 Å². The number of carbonyl (C=O) groups is 1. The van der Waals surface area contributed by atoms with E-state index in [0.717, 1.165) is 32.1 Å². The summed E-state index contributed by atoms with van der Waals surface area (Å²) in [5, 5.41) is 3.39. The van der Waals surface area contributed by atoms with Gasteiger partial charge in [0, 0.05) is 13.1 Å². The van der Waals surface area contributed by atoms with Gasteiger partial charge in [0.15, 0.2) is 0 Å². The minimum atomic E-state index is -0.378. The molecule has 2 aliphatic rings. The van der Waals surface area contributed by atoms with E-state index in [2.05, 4.69) is 5.32 Å². The SMILES string of the molecule is CC(C)(C)OC(=O)N1CC(CC2CCNCC2)C1. The van der Waals surface area contributed by atoms with Gasteiger partial charge in [-0.3, -0.25) is 0 Å². The average molecular weight is 254 g/mol. The van der Waals surface area contributed by atoms with Crippen molar-refractivity contribution in [3.05, 3.63) is 0 Å².